The number of hydrogen-bond acceptors (Lipinski definition) is 5. The van der Waals surface area contributed by atoms with Gasteiger partial charge in [0.05, 0.1) is 32.5 Å². The Morgan fingerprint density at radius 1 is 1.00 bits per heavy atom. The van der Waals surface area contributed by atoms with Gasteiger partial charge < -0.3 is 14.4 Å². The largest absolute Gasteiger partial charge is 0.379 e. The molecular weight excluding hydrogens is 256 g/mol. The van der Waals surface area contributed by atoms with Crippen molar-refractivity contribution in [2.45, 2.75) is 19.9 Å². The summed E-state index contributed by atoms with van der Waals surface area (Å²) in [6.07, 6.45) is 0. The van der Waals surface area contributed by atoms with Crippen molar-refractivity contribution >= 4 is 5.78 Å². The van der Waals surface area contributed by atoms with Crippen molar-refractivity contribution in [3.05, 3.63) is 11.3 Å². The molecule has 0 unspecified atom stereocenters. The zero-order chi connectivity index (χ0) is 14.1. The average Bonchev–Trinajstić information content (AvgIpc) is 2.73. The van der Waals surface area contributed by atoms with Gasteiger partial charge in [0.25, 0.3) is 0 Å². The molecule has 0 saturated carbocycles. The number of ether oxygens (including phenoxy) is 2. The molecule has 0 N–H and O–H groups in total. The highest BCUT2D eigenvalue weighted by atomic mass is 16.5. The molecule has 0 aromatic carbocycles. The first-order valence-corrected chi connectivity index (χ1v) is 7.59. The van der Waals surface area contributed by atoms with Crippen LogP contribution in [0, 0.1) is 5.92 Å². The predicted octanol–water partition coefficient (Wildman–Crippen LogP) is 0.512. The van der Waals surface area contributed by atoms with E-state index in [1.807, 2.05) is 6.92 Å². The second-order valence-corrected chi connectivity index (χ2v) is 5.86. The summed E-state index contributed by atoms with van der Waals surface area (Å²) in [6, 6.07) is 0.226. The molecule has 2 atom stereocenters. The monoisotopic (exact) mass is 280 g/mol. The number of ketones is 1. The van der Waals surface area contributed by atoms with Crippen LogP contribution in [-0.4, -0.2) is 74.2 Å². The minimum absolute atomic E-state index is 0.0611. The van der Waals surface area contributed by atoms with Gasteiger partial charge in [-0.15, -0.1) is 0 Å². The second-order valence-electron chi connectivity index (χ2n) is 5.86. The summed E-state index contributed by atoms with van der Waals surface area (Å²) in [4.78, 5) is 17.2. The van der Waals surface area contributed by atoms with Crippen LogP contribution < -0.4 is 0 Å². The Morgan fingerprint density at radius 2 is 1.55 bits per heavy atom. The first-order chi connectivity index (χ1) is 9.70. The minimum Gasteiger partial charge on any atom is -0.379 e. The van der Waals surface area contributed by atoms with Crippen LogP contribution in [0.15, 0.2) is 11.3 Å². The van der Waals surface area contributed by atoms with Crippen molar-refractivity contribution in [1.82, 2.24) is 9.80 Å². The van der Waals surface area contributed by atoms with Gasteiger partial charge in [-0.1, -0.05) is 6.92 Å². The summed E-state index contributed by atoms with van der Waals surface area (Å²) in [5.41, 5.74) is 2.20. The molecule has 5 heteroatoms. The summed E-state index contributed by atoms with van der Waals surface area (Å²) in [5.74, 6) is 0.369. The van der Waals surface area contributed by atoms with Gasteiger partial charge in [0.15, 0.2) is 5.78 Å². The molecule has 0 aromatic heterocycles. The van der Waals surface area contributed by atoms with Crippen molar-refractivity contribution in [2.75, 3.05) is 52.6 Å². The fourth-order valence-electron chi connectivity index (χ4n) is 3.64. The molecule has 112 valence electrons. The molecule has 3 rings (SSSR count). The van der Waals surface area contributed by atoms with E-state index in [-0.39, 0.29) is 12.0 Å². The molecule has 0 bridgehead atoms. The number of hydrogen-bond donors (Lipinski definition) is 0. The van der Waals surface area contributed by atoms with Gasteiger partial charge >= 0.3 is 0 Å². The molecule has 2 fully saturated rings. The number of nitrogens with zero attached hydrogens (tertiary/aromatic N) is 2. The Hall–Kier alpha value is -0.910. The Labute approximate surface area is 120 Å². The Kier molecular flexibility index (Phi) is 4.10. The summed E-state index contributed by atoms with van der Waals surface area (Å²) in [7, 11) is 0. The number of carbonyl (C=O) groups excluding carboxylic acids is 1. The third-order valence-electron chi connectivity index (χ3n) is 4.71. The highest BCUT2D eigenvalue weighted by Gasteiger charge is 2.43. The van der Waals surface area contributed by atoms with E-state index in [0.29, 0.717) is 5.78 Å². The van der Waals surface area contributed by atoms with E-state index in [1.165, 1.54) is 5.70 Å². The fourth-order valence-corrected chi connectivity index (χ4v) is 3.64. The van der Waals surface area contributed by atoms with Crippen LogP contribution in [0.25, 0.3) is 0 Å². The smallest absolute Gasteiger partial charge is 0.165 e. The lowest BCUT2D eigenvalue weighted by Crippen LogP contribution is -2.50. The molecule has 0 amide bonds. The molecule has 2 aliphatic heterocycles. The molecule has 0 spiro atoms. The maximum Gasteiger partial charge on any atom is 0.165 e. The SMILES string of the molecule is CC1=C(N2CCOCC2)[C@H](N2CCOCC2)[C@H](C)C1=O. The second kappa shape index (κ2) is 5.84. The lowest BCUT2D eigenvalue weighted by atomic mass is 10.00. The standard InChI is InChI=1S/C15H24N2O3/c1-11-13(16-3-7-19-8-4-16)14(12(2)15(11)18)17-5-9-20-10-6-17/h11,13H,3-10H2,1-2H3/t11-,13+/m0/s1. The third-order valence-corrected chi connectivity index (χ3v) is 4.71. The van der Waals surface area contributed by atoms with Crippen LogP contribution in [0.2, 0.25) is 0 Å². The quantitative estimate of drug-likeness (QED) is 0.737. The van der Waals surface area contributed by atoms with E-state index in [1.54, 1.807) is 0 Å². The molecule has 0 aromatic rings. The van der Waals surface area contributed by atoms with Crippen LogP contribution in [-0.2, 0) is 14.3 Å². The average molecular weight is 280 g/mol. The highest BCUT2D eigenvalue weighted by Crippen LogP contribution is 2.35. The van der Waals surface area contributed by atoms with E-state index in [0.717, 1.165) is 58.2 Å². The van der Waals surface area contributed by atoms with Gasteiger partial charge in [0.1, 0.15) is 0 Å². The number of rotatable bonds is 2. The zero-order valence-corrected chi connectivity index (χ0v) is 12.4. The Bertz CT molecular complexity index is 409. The molecule has 5 nitrogen and oxygen atoms in total. The molecule has 20 heavy (non-hydrogen) atoms. The van der Waals surface area contributed by atoms with Crippen LogP contribution in [0.4, 0.5) is 0 Å². The van der Waals surface area contributed by atoms with Crippen molar-refractivity contribution in [3.8, 4) is 0 Å². The van der Waals surface area contributed by atoms with E-state index in [2.05, 4.69) is 16.7 Å². The number of Topliss-reactive ketones (excluding diaryl/α,β-unsaturated/α-hetero) is 1. The van der Waals surface area contributed by atoms with Gasteiger partial charge in [-0.3, -0.25) is 9.69 Å². The number of carbonyl (C=O) groups is 1. The van der Waals surface area contributed by atoms with Crippen molar-refractivity contribution in [1.29, 1.82) is 0 Å². The number of morpholine rings is 2. The van der Waals surface area contributed by atoms with E-state index in [9.17, 15) is 4.79 Å². The zero-order valence-electron chi connectivity index (χ0n) is 12.4. The van der Waals surface area contributed by atoms with Gasteiger partial charge in [0, 0.05) is 43.4 Å². The summed E-state index contributed by atoms with van der Waals surface area (Å²) in [5, 5.41) is 0. The molecule has 0 radical (unpaired) electrons. The number of allylic oxidation sites excluding steroid dienone is 1. The van der Waals surface area contributed by atoms with E-state index < -0.39 is 0 Å². The molecule has 2 saturated heterocycles. The molecule has 2 heterocycles. The van der Waals surface area contributed by atoms with E-state index >= 15 is 0 Å². The summed E-state index contributed by atoms with van der Waals surface area (Å²) < 4.78 is 10.9. The predicted molar refractivity (Wildman–Crippen MR) is 75.4 cm³/mol. The minimum atomic E-state index is 0.0611. The molecule has 1 aliphatic carbocycles. The van der Waals surface area contributed by atoms with Crippen LogP contribution in [0.1, 0.15) is 13.8 Å². The lowest BCUT2D eigenvalue weighted by molar-refractivity contribution is -0.119. The van der Waals surface area contributed by atoms with Crippen molar-refractivity contribution in [3.63, 3.8) is 0 Å². The first kappa shape index (κ1) is 14.0. The van der Waals surface area contributed by atoms with Gasteiger partial charge in [0.2, 0.25) is 0 Å². The topological polar surface area (TPSA) is 42.0 Å². The van der Waals surface area contributed by atoms with Crippen LogP contribution >= 0.6 is 0 Å². The van der Waals surface area contributed by atoms with Crippen LogP contribution in [0.3, 0.4) is 0 Å². The van der Waals surface area contributed by atoms with Gasteiger partial charge in [-0.2, -0.15) is 0 Å². The van der Waals surface area contributed by atoms with Crippen LogP contribution in [0.5, 0.6) is 0 Å². The molecule has 3 aliphatic rings. The fraction of sp³-hybridized carbons (Fsp3) is 0.800. The first-order valence-electron chi connectivity index (χ1n) is 7.59. The van der Waals surface area contributed by atoms with Crippen molar-refractivity contribution in [2.24, 2.45) is 5.92 Å². The third kappa shape index (κ3) is 2.38. The Balaban J connectivity index is 1.86. The van der Waals surface area contributed by atoms with Crippen molar-refractivity contribution < 1.29 is 14.3 Å². The molecular formula is C15H24N2O3. The lowest BCUT2D eigenvalue weighted by Gasteiger charge is -2.40. The van der Waals surface area contributed by atoms with Gasteiger partial charge in [-0.25, -0.2) is 0 Å². The maximum atomic E-state index is 12.4. The Morgan fingerprint density at radius 3 is 2.15 bits per heavy atom. The normalized spacial score (nSPS) is 33.1. The highest BCUT2D eigenvalue weighted by molar-refractivity contribution is 6.00. The maximum absolute atomic E-state index is 12.4. The summed E-state index contributed by atoms with van der Waals surface area (Å²) >= 11 is 0. The summed E-state index contributed by atoms with van der Waals surface area (Å²) in [6.45, 7) is 10.8. The van der Waals surface area contributed by atoms with Gasteiger partial charge in [-0.05, 0) is 6.92 Å². The van der Waals surface area contributed by atoms with E-state index in [4.69, 9.17) is 9.47 Å².